The molecule has 7 nitrogen and oxygen atoms in total. The van der Waals surface area contributed by atoms with E-state index in [4.69, 9.17) is 13.9 Å². The summed E-state index contributed by atoms with van der Waals surface area (Å²) in [4.78, 5) is 4.50. The van der Waals surface area contributed by atoms with Crippen LogP contribution >= 0.6 is 0 Å². The molecule has 3 heterocycles. The van der Waals surface area contributed by atoms with Crippen molar-refractivity contribution in [1.82, 2.24) is 15.2 Å². The van der Waals surface area contributed by atoms with E-state index < -0.39 is 0 Å². The van der Waals surface area contributed by atoms with Crippen LogP contribution in [0.25, 0.3) is 10.9 Å². The van der Waals surface area contributed by atoms with Gasteiger partial charge in [0, 0.05) is 23.9 Å². The van der Waals surface area contributed by atoms with E-state index in [0.717, 1.165) is 47.4 Å². The van der Waals surface area contributed by atoms with Gasteiger partial charge in [-0.15, -0.1) is 10.2 Å². The third-order valence-corrected chi connectivity index (χ3v) is 4.68. The number of anilines is 1. The number of nitrogens with zero attached hydrogens (tertiary/aromatic N) is 3. The fraction of sp³-hybridized carbons (Fsp3) is 0.421. The molecule has 1 unspecified atom stereocenters. The molecule has 0 spiro atoms. The molecule has 7 heteroatoms. The fourth-order valence-electron chi connectivity index (χ4n) is 3.30. The number of hydrogen-bond donors (Lipinski definition) is 1. The quantitative estimate of drug-likeness (QED) is 0.751. The molecule has 1 aliphatic rings. The molecule has 0 amide bonds. The van der Waals surface area contributed by atoms with E-state index in [0.29, 0.717) is 24.9 Å². The fourth-order valence-corrected chi connectivity index (χ4v) is 3.30. The number of ether oxygens (including phenoxy) is 2. The Morgan fingerprint density at radius 1 is 1.31 bits per heavy atom. The molecule has 1 aromatic carbocycles. The highest BCUT2D eigenvalue weighted by molar-refractivity contribution is 5.96. The summed E-state index contributed by atoms with van der Waals surface area (Å²) in [7, 11) is 1.65. The van der Waals surface area contributed by atoms with E-state index in [-0.39, 0.29) is 5.92 Å². The molecule has 3 aromatic rings. The normalized spacial score (nSPS) is 17.4. The number of benzene rings is 1. The molecule has 0 aliphatic carbocycles. The molecule has 0 bridgehead atoms. The number of nitrogens with one attached hydrogen (secondary N) is 1. The third kappa shape index (κ3) is 3.22. The van der Waals surface area contributed by atoms with Crippen LogP contribution in [0.15, 0.2) is 28.8 Å². The predicted molar refractivity (Wildman–Crippen MR) is 97.5 cm³/mol. The van der Waals surface area contributed by atoms with E-state index in [2.05, 4.69) is 20.5 Å². The minimum atomic E-state index is 0.206. The Labute approximate surface area is 151 Å². The number of para-hydroxylation sites is 1. The van der Waals surface area contributed by atoms with E-state index in [9.17, 15) is 0 Å². The summed E-state index contributed by atoms with van der Waals surface area (Å²) < 4.78 is 16.7. The third-order valence-electron chi connectivity index (χ3n) is 4.68. The van der Waals surface area contributed by atoms with Crippen molar-refractivity contribution in [1.29, 1.82) is 0 Å². The maximum atomic E-state index is 5.84. The van der Waals surface area contributed by atoms with Gasteiger partial charge in [-0.2, -0.15) is 0 Å². The molecule has 136 valence electrons. The van der Waals surface area contributed by atoms with Crippen molar-refractivity contribution >= 4 is 16.6 Å². The Bertz CT molecular complexity index is 903. The molecule has 1 N–H and O–H groups in total. The van der Waals surface area contributed by atoms with Gasteiger partial charge < -0.3 is 19.2 Å². The van der Waals surface area contributed by atoms with Gasteiger partial charge in [0.2, 0.25) is 11.8 Å². The van der Waals surface area contributed by atoms with Gasteiger partial charge in [-0.25, -0.2) is 0 Å². The smallest absolute Gasteiger partial charge is 0.235 e. The first-order chi connectivity index (χ1) is 12.8. The van der Waals surface area contributed by atoms with Crippen molar-refractivity contribution in [2.24, 2.45) is 0 Å². The lowest BCUT2D eigenvalue weighted by Gasteiger charge is -2.18. The molecule has 0 radical (unpaired) electrons. The first-order valence-electron chi connectivity index (χ1n) is 8.82. The number of aromatic nitrogens is 3. The van der Waals surface area contributed by atoms with Crippen LogP contribution in [0, 0.1) is 6.92 Å². The van der Waals surface area contributed by atoms with Gasteiger partial charge in [-0.05, 0) is 31.4 Å². The van der Waals surface area contributed by atoms with Gasteiger partial charge in [-0.3, -0.25) is 4.98 Å². The van der Waals surface area contributed by atoms with Gasteiger partial charge in [0.15, 0.2) is 0 Å². The average molecular weight is 354 g/mol. The van der Waals surface area contributed by atoms with Crippen molar-refractivity contribution in [3.05, 3.63) is 41.7 Å². The van der Waals surface area contributed by atoms with Crippen LogP contribution in [-0.2, 0) is 11.3 Å². The molecule has 1 aliphatic heterocycles. The highest BCUT2D eigenvalue weighted by Crippen LogP contribution is 2.31. The molecule has 1 saturated heterocycles. The van der Waals surface area contributed by atoms with Crippen LogP contribution in [0.5, 0.6) is 5.75 Å². The van der Waals surface area contributed by atoms with Gasteiger partial charge in [0.1, 0.15) is 11.3 Å². The second-order valence-electron chi connectivity index (χ2n) is 6.47. The van der Waals surface area contributed by atoms with Gasteiger partial charge >= 0.3 is 0 Å². The van der Waals surface area contributed by atoms with Crippen molar-refractivity contribution in [3.8, 4) is 5.75 Å². The van der Waals surface area contributed by atoms with Crippen LogP contribution < -0.4 is 10.1 Å². The maximum absolute atomic E-state index is 5.84. The molecular formula is C19H22N4O3. The minimum absolute atomic E-state index is 0.206. The van der Waals surface area contributed by atoms with Crippen LogP contribution in [0.3, 0.4) is 0 Å². The largest absolute Gasteiger partial charge is 0.494 e. The monoisotopic (exact) mass is 354 g/mol. The van der Waals surface area contributed by atoms with E-state index in [1.807, 2.05) is 31.3 Å². The lowest BCUT2D eigenvalue weighted by molar-refractivity contribution is 0.0722. The maximum Gasteiger partial charge on any atom is 0.235 e. The Kier molecular flexibility index (Phi) is 4.71. The summed E-state index contributed by atoms with van der Waals surface area (Å²) in [6.45, 7) is 3.95. The summed E-state index contributed by atoms with van der Waals surface area (Å²) in [5.74, 6) is 2.19. The number of fused-ring (bicyclic) bond motifs is 1. The summed E-state index contributed by atoms with van der Waals surface area (Å²) >= 11 is 0. The number of rotatable bonds is 5. The lowest BCUT2D eigenvalue weighted by atomic mass is 10.0. The minimum Gasteiger partial charge on any atom is -0.494 e. The molecule has 1 atom stereocenters. The molecular weight excluding hydrogens is 332 g/mol. The van der Waals surface area contributed by atoms with Gasteiger partial charge in [-0.1, -0.05) is 12.1 Å². The molecule has 26 heavy (non-hydrogen) atoms. The standard InChI is InChI=1S/C19H22N4O3/c1-12-9-20-18-14(6-3-7-15(18)24-2)17(12)21-10-16-22-23-19(26-16)13-5-4-8-25-11-13/h3,6-7,9,13H,4-5,8,10-11H2,1-2H3,(H,20,21). The summed E-state index contributed by atoms with van der Waals surface area (Å²) in [5, 5.41) is 12.8. The molecule has 4 rings (SSSR count). The van der Waals surface area contributed by atoms with Crippen LogP contribution in [0.2, 0.25) is 0 Å². The highest BCUT2D eigenvalue weighted by atomic mass is 16.5. The Hall–Kier alpha value is -2.67. The summed E-state index contributed by atoms with van der Waals surface area (Å²) in [6, 6.07) is 5.89. The lowest BCUT2D eigenvalue weighted by Crippen LogP contribution is -2.15. The van der Waals surface area contributed by atoms with E-state index in [1.165, 1.54) is 0 Å². The SMILES string of the molecule is COc1cccc2c(NCc3nnc(C4CCCOC4)o3)c(C)cnc12. The van der Waals surface area contributed by atoms with Gasteiger partial charge in [0.05, 0.1) is 26.2 Å². The van der Waals surface area contributed by atoms with Crippen LogP contribution in [0.4, 0.5) is 5.69 Å². The van der Waals surface area contributed by atoms with Crippen molar-refractivity contribution in [2.75, 3.05) is 25.6 Å². The first kappa shape index (κ1) is 16.8. The first-order valence-corrected chi connectivity index (χ1v) is 8.82. The molecule has 2 aromatic heterocycles. The van der Waals surface area contributed by atoms with E-state index in [1.54, 1.807) is 7.11 Å². The average Bonchev–Trinajstić information content (AvgIpc) is 3.16. The van der Waals surface area contributed by atoms with Crippen molar-refractivity contribution < 1.29 is 13.9 Å². The Morgan fingerprint density at radius 3 is 3.04 bits per heavy atom. The topological polar surface area (TPSA) is 82.3 Å². The predicted octanol–water partition coefficient (Wildman–Crippen LogP) is 3.44. The molecule has 1 fully saturated rings. The van der Waals surface area contributed by atoms with E-state index >= 15 is 0 Å². The zero-order valence-corrected chi connectivity index (χ0v) is 15.0. The number of hydrogen-bond acceptors (Lipinski definition) is 7. The Morgan fingerprint density at radius 2 is 2.23 bits per heavy atom. The molecule has 0 saturated carbocycles. The van der Waals surface area contributed by atoms with Crippen LogP contribution in [0.1, 0.15) is 36.1 Å². The van der Waals surface area contributed by atoms with Gasteiger partial charge in [0.25, 0.3) is 0 Å². The second kappa shape index (κ2) is 7.29. The second-order valence-corrected chi connectivity index (χ2v) is 6.47. The zero-order chi connectivity index (χ0) is 17.9. The highest BCUT2D eigenvalue weighted by Gasteiger charge is 2.22. The van der Waals surface area contributed by atoms with Crippen molar-refractivity contribution in [2.45, 2.75) is 32.2 Å². The van der Waals surface area contributed by atoms with Crippen molar-refractivity contribution in [3.63, 3.8) is 0 Å². The summed E-state index contributed by atoms with van der Waals surface area (Å²) in [6.07, 6.45) is 3.90. The summed E-state index contributed by atoms with van der Waals surface area (Å²) in [5.41, 5.74) is 2.87. The van der Waals surface area contributed by atoms with Crippen LogP contribution in [-0.4, -0.2) is 35.5 Å². The number of pyridine rings is 1. The zero-order valence-electron chi connectivity index (χ0n) is 15.0. The Balaban J connectivity index is 1.55. The number of aryl methyl sites for hydroxylation is 1. The number of methoxy groups -OCH3 is 1.